The van der Waals surface area contributed by atoms with Gasteiger partial charge in [0.15, 0.2) is 0 Å². The highest BCUT2D eigenvalue weighted by Crippen LogP contribution is 2.24. The van der Waals surface area contributed by atoms with Gasteiger partial charge in [-0.1, -0.05) is 12.1 Å². The van der Waals surface area contributed by atoms with Crippen LogP contribution < -0.4 is 10.1 Å². The third-order valence-corrected chi connectivity index (χ3v) is 5.48. The first kappa shape index (κ1) is 21.2. The monoisotopic (exact) mass is 404 g/mol. The number of rotatable bonds is 9. The summed E-state index contributed by atoms with van der Waals surface area (Å²) >= 11 is 3.00. The van der Waals surface area contributed by atoms with Gasteiger partial charge in [0.25, 0.3) is 0 Å². The largest absolute Gasteiger partial charge is 0.494 e. The molecule has 0 radical (unpaired) electrons. The Morgan fingerprint density at radius 2 is 1.81 bits per heavy atom. The van der Waals surface area contributed by atoms with Crippen LogP contribution >= 0.6 is 23.5 Å². The van der Waals surface area contributed by atoms with Crippen molar-refractivity contribution in [3.63, 3.8) is 0 Å². The standard InChI is InChI=1S/C20H24N2O3S2/c1-4-25-15-9-11-16(12-10-15)27-14-20(24)22(2)13-19(23)21-17-7-5-6-8-18(17)26-3/h5-12H,4,13-14H2,1-3H3,(H,21,23). The van der Waals surface area contributed by atoms with Crippen molar-refractivity contribution in [2.45, 2.75) is 16.7 Å². The highest BCUT2D eigenvalue weighted by molar-refractivity contribution is 8.00. The number of thioether (sulfide) groups is 2. The third kappa shape index (κ3) is 6.84. The Bertz CT molecular complexity index is 766. The highest BCUT2D eigenvalue weighted by atomic mass is 32.2. The maximum atomic E-state index is 12.3. The molecule has 2 aromatic rings. The number of carbonyl (C=O) groups is 2. The number of likely N-dealkylation sites (N-methyl/N-ethyl adjacent to an activating group) is 1. The molecule has 0 bridgehead atoms. The Morgan fingerprint density at radius 3 is 2.48 bits per heavy atom. The summed E-state index contributed by atoms with van der Waals surface area (Å²) < 4.78 is 5.40. The number of hydrogen-bond acceptors (Lipinski definition) is 5. The molecule has 144 valence electrons. The van der Waals surface area contributed by atoms with Crippen molar-refractivity contribution in [3.05, 3.63) is 48.5 Å². The number of anilines is 1. The topological polar surface area (TPSA) is 58.6 Å². The minimum atomic E-state index is -0.210. The van der Waals surface area contributed by atoms with E-state index in [2.05, 4.69) is 5.32 Å². The second-order valence-electron chi connectivity index (χ2n) is 5.69. The van der Waals surface area contributed by atoms with Crippen LogP contribution in [-0.4, -0.2) is 48.9 Å². The van der Waals surface area contributed by atoms with Crippen LogP contribution in [0.5, 0.6) is 5.75 Å². The second kappa shape index (κ2) is 10.9. The van der Waals surface area contributed by atoms with E-state index in [0.717, 1.165) is 21.2 Å². The quantitative estimate of drug-likeness (QED) is 0.640. The van der Waals surface area contributed by atoms with Gasteiger partial charge in [-0.15, -0.1) is 23.5 Å². The van der Waals surface area contributed by atoms with E-state index in [9.17, 15) is 9.59 Å². The lowest BCUT2D eigenvalue weighted by Crippen LogP contribution is -2.36. The van der Waals surface area contributed by atoms with E-state index in [1.165, 1.54) is 16.7 Å². The first-order chi connectivity index (χ1) is 13.0. The van der Waals surface area contributed by atoms with Gasteiger partial charge in [-0.2, -0.15) is 0 Å². The molecule has 2 aromatic carbocycles. The lowest BCUT2D eigenvalue weighted by Gasteiger charge is -2.17. The fourth-order valence-electron chi connectivity index (χ4n) is 2.30. The molecule has 0 aliphatic heterocycles. The van der Waals surface area contributed by atoms with Crippen molar-refractivity contribution < 1.29 is 14.3 Å². The average Bonchev–Trinajstić information content (AvgIpc) is 2.67. The van der Waals surface area contributed by atoms with Crippen LogP contribution in [0.15, 0.2) is 58.3 Å². The van der Waals surface area contributed by atoms with Gasteiger partial charge in [-0.25, -0.2) is 0 Å². The number of hydrogen-bond donors (Lipinski definition) is 1. The van der Waals surface area contributed by atoms with Gasteiger partial charge in [0.2, 0.25) is 11.8 Å². The summed E-state index contributed by atoms with van der Waals surface area (Å²) in [6.45, 7) is 2.58. The van der Waals surface area contributed by atoms with Crippen molar-refractivity contribution in [2.24, 2.45) is 0 Å². The molecular weight excluding hydrogens is 380 g/mol. The van der Waals surface area contributed by atoms with Crippen molar-refractivity contribution >= 4 is 41.0 Å². The molecule has 27 heavy (non-hydrogen) atoms. The molecule has 0 saturated carbocycles. The van der Waals surface area contributed by atoms with E-state index in [0.29, 0.717) is 6.61 Å². The van der Waals surface area contributed by atoms with Crippen LogP contribution in [-0.2, 0) is 9.59 Å². The molecule has 0 atom stereocenters. The first-order valence-electron chi connectivity index (χ1n) is 8.56. The van der Waals surface area contributed by atoms with Crippen LogP contribution in [0.4, 0.5) is 5.69 Å². The molecule has 0 aromatic heterocycles. The van der Waals surface area contributed by atoms with Gasteiger partial charge in [0, 0.05) is 16.8 Å². The number of nitrogens with zero attached hydrogens (tertiary/aromatic N) is 1. The SMILES string of the molecule is CCOc1ccc(SCC(=O)N(C)CC(=O)Nc2ccccc2SC)cc1. The Hall–Kier alpha value is -2.12. The lowest BCUT2D eigenvalue weighted by molar-refractivity contribution is -0.131. The number of nitrogens with one attached hydrogen (secondary N) is 1. The van der Waals surface area contributed by atoms with E-state index in [1.807, 2.05) is 61.7 Å². The maximum Gasteiger partial charge on any atom is 0.244 e. The van der Waals surface area contributed by atoms with Crippen LogP contribution in [0.2, 0.25) is 0 Å². The van der Waals surface area contributed by atoms with Crippen molar-refractivity contribution in [1.29, 1.82) is 0 Å². The smallest absolute Gasteiger partial charge is 0.244 e. The molecule has 5 nitrogen and oxygen atoms in total. The molecule has 0 spiro atoms. The van der Waals surface area contributed by atoms with Gasteiger partial charge in [0.05, 0.1) is 24.6 Å². The molecule has 0 aliphatic carbocycles. The van der Waals surface area contributed by atoms with Crippen LogP contribution in [0.1, 0.15) is 6.92 Å². The second-order valence-corrected chi connectivity index (χ2v) is 7.59. The zero-order valence-corrected chi connectivity index (χ0v) is 17.4. The van der Waals surface area contributed by atoms with E-state index in [-0.39, 0.29) is 24.1 Å². The summed E-state index contributed by atoms with van der Waals surface area (Å²) in [4.78, 5) is 27.9. The number of amides is 2. The van der Waals surface area contributed by atoms with Crippen molar-refractivity contribution in [3.8, 4) is 5.75 Å². The number of para-hydroxylation sites is 1. The zero-order valence-electron chi connectivity index (χ0n) is 15.7. The number of carbonyl (C=O) groups excluding carboxylic acids is 2. The Morgan fingerprint density at radius 1 is 1.11 bits per heavy atom. The number of benzene rings is 2. The fraction of sp³-hybridized carbons (Fsp3) is 0.300. The third-order valence-electron chi connectivity index (χ3n) is 3.68. The summed E-state index contributed by atoms with van der Waals surface area (Å²) in [6.07, 6.45) is 1.96. The Balaban J connectivity index is 1.81. The van der Waals surface area contributed by atoms with E-state index in [1.54, 1.807) is 18.8 Å². The molecule has 7 heteroatoms. The van der Waals surface area contributed by atoms with E-state index >= 15 is 0 Å². The minimum Gasteiger partial charge on any atom is -0.494 e. The maximum absolute atomic E-state index is 12.3. The lowest BCUT2D eigenvalue weighted by atomic mass is 10.3. The molecule has 2 amide bonds. The van der Waals surface area contributed by atoms with Gasteiger partial charge in [-0.05, 0) is 49.6 Å². The Kier molecular flexibility index (Phi) is 8.54. The molecule has 2 rings (SSSR count). The predicted octanol–water partition coefficient (Wildman–Crippen LogP) is 4.00. The van der Waals surface area contributed by atoms with Crippen LogP contribution in [0.3, 0.4) is 0 Å². The summed E-state index contributed by atoms with van der Waals surface area (Å²) in [7, 11) is 1.64. The van der Waals surface area contributed by atoms with Gasteiger partial charge < -0.3 is 15.0 Å². The summed E-state index contributed by atoms with van der Waals surface area (Å²) in [5.41, 5.74) is 0.764. The fourth-order valence-corrected chi connectivity index (χ4v) is 3.69. The van der Waals surface area contributed by atoms with Crippen LogP contribution in [0.25, 0.3) is 0 Å². The van der Waals surface area contributed by atoms with Crippen LogP contribution in [0, 0.1) is 0 Å². The molecular formula is C20H24N2O3S2. The Labute approximate surface area is 168 Å². The van der Waals surface area contributed by atoms with Gasteiger partial charge in [-0.3, -0.25) is 9.59 Å². The van der Waals surface area contributed by atoms with Crippen molar-refractivity contribution in [1.82, 2.24) is 4.90 Å². The van der Waals surface area contributed by atoms with E-state index < -0.39 is 0 Å². The summed E-state index contributed by atoms with van der Waals surface area (Å²) in [5, 5.41) is 2.86. The van der Waals surface area contributed by atoms with Gasteiger partial charge in [0.1, 0.15) is 5.75 Å². The summed E-state index contributed by atoms with van der Waals surface area (Å²) in [6, 6.07) is 15.2. The van der Waals surface area contributed by atoms with Crippen molar-refractivity contribution in [2.75, 3.05) is 37.5 Å². The molecule has 0 saturated heterocycles. The molecule has 0 aliphatic rings. The predicted molar refractivity (Wildman–Crippen MR) is 113 cm³/mol. The average molecular weight is 405 g/mol. The minimum absolute atomic E-state index is 0.0192. The van der Waals surface area contributed by atoms with Gasteiger partial charge >= 0.3 is 0 Å². The zero-order chi connectivity index (χ0) is 19.6. The molecule has 0 fully saturated rings. The highest BCUT2D eigenvalue weighted by Gasteiger charge is 2.14. The van der Waals surface area contributed by atoms with E-state index in [4.69, 9.17) is 4.74 Å². The normalized spacial score (nSPS) is 10.3. The molecule has 0 heterocycles. The first-order valence-corrected chi connectivity index (χ1v) is 10.8. The molecule has 1 N–H and O–H groups in total. The summed E-state index contributed by atoms with van der Waals surface area (Å²) in [5.74, 6) is 0.784. The molecule has 0 unspecified atom stereocenters. The number of ether oxygens (including phenoxy) is 1.